The normalized spacial score (nSPS) is 18.8. The maximum Gasteiger partial charge on any atom is 0.126 e. The van der Waals surface area contributed by atoms with Gasteiger partial charge in [-0.25, -0.2) is 4.98 Å². The van der Waals surface area contributed by atoms with E-state index in [1.165, 1.54) is 37.7 Å². The third kappa shape index (κ3) is 3.95. The summed E-state index contributed by atoms with van der Waals surface area (Å²) in [4.78, 5) is 4.56. The molecule has 0 radical (unpaired) electrons. The van der Waals surface area contributed by atoms with E-state index < -0.39 is 0 Å². The Morgan fingerprint density at radius 1 is 1.25 bits per heavy atom. The quantitative estimate of drug-likeness (QED) is 0.881. The number of pyridine rings is 1. The average Bonchev–Trinajstić information content (AvgIpc) is 2.45. The summed E-state index contributed by atoms with van der Waals surface area (Å²) in [5.74, 6) is 1.66. The molecular formula is C17H29N3. The highest BCUT2D eigenvalue weighted by atomic mass is 15.0. The maximum atomic E-state index is 5.96. The van der Waals surface area contributed by atoms with Gasteiger partial charge in [-0.1, -0.05) is 46.1 Å². The van der Waals surface area contributed by atoms with E-state index in [9.17, 15) is 0 Å². The molecule has 0 aliphatic heterocycles. The Hall–Kier alpha value is -1.09. The van der Waals surface area contributed by atoms with Crippen molar-refractivity contribution in [1.82, 2.24) is 4.98 Å². The molecule has 3 nitrogen and oxygen atoms in total. The number of nitrogens with one attached hydrogen (secondary N) is 1. The molecular weight excluding hydrogens is 246 g/mol. The molecule has 1 aromatic heterocycles. The standard InChI is InChI=1S/C17H29N3/c1-17(2,3)14-9-10-16(19-12-14)20-15(11-18)13-7-5-4-6-8-13/h9-10,12-13,15H,4-8,11,18H2,1-3H3,(H,19,20). The van der Waals surface area contributed by atoms with Crippen molar-refractivity contribution in [3.63, 3.8) is 0 Å². The van der Waals surface area contributed by atoms with Crippen LogP contribution in [0.2, 0.25) is 0 Å². The molecule has 1 fully saturated rings. The number of rotatable bonds is 4. The zero-order valence-electron chi connectivity index (χ0n) is 13.2. The van der Waals surface area contributed by atoms with E-state index in [1.54, 1.807) is 0 Å². The van der Waals surface area contributed by atoms with Gasteiger partial charge in [-0.15, -0.1) is 0 Å². The largest absolute Gasteiger partial charge is 0.366 e. The SMILES string of the molecule is CC(C)(C)c1ccc(NC(CN)C2CCCCC2)nc1. The highest BCUT2D eigenvalue weighted by Gasteiger charge is 2.23. The van der Waals surface area contributed by atoms with Gasteiger partial charge in [0.2, 0.25) is 0 Å². The molecule has 1 saturated carbocycles. The van der Waals surface area contributed by atoms with Gasteiger partial charge in [-0.05, 0) is 35.8 Å². The van der Waals surface area contributed by atoms with Crippen molar-refractivity contribution in [3.8, 4) is 0 Å². The summed E-state index contributed by atoms with van der Waals surface area (Å²) < 4.78 is 0. The Balaban J connectivity index is 2.00. The van der Waals surface area contributed by atoms with Crippen molar-refractivity contribution in [2.75, 3.05) is 11.9 Å². The molecule has 0 aromatic carbocycles. The van der Waals surface area contributed by atoms with Gasteiger partial charge in [0.1, 0.15) is 5.82 Å². The fraction of sp³-hybridized carbons (Fsp3) is 0.706. The molecule has 0 saturated heterocycles. The van der Waals surface area contributed by atoms with Crippen LogP contribution in [0.15, 0.2) is 18.3 Å². The van der Waals surface area contributed by atoms with Crippen LogP contribution in [0.1, 0.15) is 58.4 Å². The second-order valence-electron chi connectivity index (χ2n) is 7.07. The fourth-order valence-corrected chi connectivity index (χ4v) is 3.02. The molecule has 20 heavy (non-hydrogen) atoms. The van der Waals surface area contributed by atoms with Gasteiger partial charge in [0.05, 0.1) is 0 Å². The van der Waals surface area contributed by atoms with Crippen LogP contribution in [-0.2, 0) is 5.41 Å². The van der Waals surface area contributed by atoms with Crippen molar-refractivity contribution in [2.45, 2.75) is 64.3 Å². The molecule has 1 aliphatic carbocycles. The van der Waals surface area contributed by atoms with E-state index in [-0.39, 0.29) is 5.41 Å². The first-order valence-corrected chi connectivity index (χ1v) is 7.94. The van der Waals surface area contributed by atoms with Crippen molar-refractivity contribution in [3.05, 3.63) is 23.9 Å². The van der Waals surface area contributed by atoms with Gasteiger partial charge in [0.15, 0.2) is 0 Å². The van der Waals surface area contributed by atoms with Crippen LogP contribution in [0.25, 0.3) is 0 Å². The molecule has 1 aliphatic rings. The van der Waals surface area contributed by atoms with Crippen LogP contribution in [0.4, 0.5) is 5.82 Å². The second kappa shape index (κ2) is 6.57. The van der Waals surface area contributed by atoms with Crippen LogP contribution < -0.4 is 11.1 Å². The first kappa shape index (κ1) is 15.3. The van der Waals surface area contributed by atoms with Crippen molar-refractivity contribution in [2.24, 2.45) is 11.7 Å². The Morgan fingerprint density at radius 3 is 2.45 bits per heavy atom. The topological polar surface area (TPSA) is 50.9 Å². The van der Waals surface area contributed by atoms with Crippen molar-refractivity contribution >= 4 is 5.82 Å². The summed E-state index contributed by atoms with van der Waals surface area (Å²) in [7, 11) is 0. The molecule has 1 heterocycles. The van der Waals surface area contributed by atoms with E-state index >= 15 is 0 Å². The van der Waals surface area contributed by atoms with Gasteiger partial charge in [-0.2, -0.15) is 0 Å². The lowest BCUT2D eigenvalue weighted by molar-refractivity contribution is 0.320. The lowest BCUT2D eigenvalue weighted by atomic mass is 9.84. The maximum absolute atomic E-state index is 5.96. The third-order valence-electron chi connectivity index (χ3n) is 4.44. The molecule has 0 spiro atoms. The molecule has 0 amide bonds. The van der Waals surface area contributed by atoms with E-state index in [0.29, 0.717) is 18.5 Å². The minimum Gasteiger partial charge on any atom is -0.366 e. The average molecular weight is 275 g/mol. The minimum atomic E-state index is 0.155. The summed E-state index contributed by atoms with van der Waals surface area (Å²) in [6.45, 7) is 7.32. The minimum absolute atomic E-state index is 0.155. The van der Waals surface area contributed by atoms with Crippen LogP contribution in [0.3, 0.4) is 0 Å². The van der Waals surface area contributed by atoms with Crippen LogP contribution in [0.5, 0.6) is 0 Å². The van der Waals surface area contributed by atoms with Crippen molar-refractivity contribution in [1.29, 1.82) is 0 Å². The van der Waals surface area contributed by atoms with Crippen LogP contribution in [-0.4, -0.2) is 17.6 Å². The van der Waals surface area contributed by atoms with Crippen LogP contribution in [0, 0.1) is 5.92 Å². The molecule has 3 N–H and O–H groups in total. The van der Waals surface area contributed by atoms with E-state index in [0.717, 1.165) is 5.82 Å². The summed E-state index contributed by atoms with van der Waals surface area (Å²) in [6, 6.07) is 4.62. The highest BCUT2D eigenvalue weighted by molar-refractivity contribution is 5.38. The predicted molar refractivity (Wildman–Crippen MR) is 86.0 cm³/mol. The van der Waals surface area contributed by atoms with Crippen LogP contribution >= 0.6 is 0 Å². The van der Waals surface area contributed by atoms with E-state index in [4.69, 9.17) is 5.73 Å². The lowest BCUT2D eigenvalue weighted by Gasteiger charge is -2.30. The predicted octanol–water partition coefficient (Wildman–Crippen LogP) is 3.70. The number of aromatic nitrogens is 1. The molecule has 1 aromatic rings. The van der Waals surface area contributed by atoms with Crippen molar-refractivity contribution < 1.29 is 0 Å². The Bertz CT molecular complexity index is 399. The Kier molecular flexibility index (Phi) is 5.03. The zero-order valence-corrected chi connectivity index (χ0v) is 13.2. The van der Waals surface area contributed by atoms with E-state index in [2.05, 4.69) is 43.2 Å². The number of anilines is 1. The highest BCUT2D eigenvalue weighted by Crippen LogP contribution is 2.28. The van der Waals surface area contributed by atoms with Gasteiger partial charge in [0.25, 0.3) is 0 Å². The number of nitrogens with zero attached hydrogens (tertiary/aromatic N) is 1. The molecule has 1 atom stereocenters. The molecule has 2 rings (SSSR count). The lowest BCUT2D eigenvalue weighted by Crippen LogP contribution is -2.37. The third-order valence-corrected chi connectivity index (χ3v) is 4.44. The first-order chi connectivity index (χ1) is 9.50. The number of nitrogens with two attached hydrogens (primary N) is 1. The smallest absolute Gasteiger partial charge is 0.126 e. The van der Waals surface area contributed by atoms with Gasteiger partial charge in [-0.3, -0.25) is 0 Å². The van der Waals surface area contributed by atoms with E-state index in [1.807, 2.05) is 6.20 Å². The number of hydrogen-bond donors (Lipinski definition) is 2. The summed E-state index contributed by atoms with van der Waals surface area (Å²) in [5.41, 5.74) is 7.38. The first-order valence-electron chi connectivity index (χ1n) is 7.94. The summed E-state index contributed by atoms with van der Waals surface area (Å²) in [6.07, 6.45) is 8.66. The number of hydrogen-bond acceptors (Lipinski definition) is 3. The molecule has 1 unspecified atom stereocenters. The summed E-state index contributed by atoms with van der Waals surface area (Å²) >= 11 is 0. The summed E-state index contributed by atoms with van der Waals surface area (Å²) in [5, 5.41) is 3.54. The van der Waals surface area contributed by atoms with Gasteiger partial charge in [0, 0.05) is 18.8 Å². The monoisotopic (exact) mass is 275 g/mol. The zero-order chi connectivity index (χ0) is 14.6. The molecule has 0 bridgehead atoms. The van der Waals surface area contributed by atoms with Gasteiger partial charge >= 0.3 is 0 Å². The van der Waals surface area contributed by atoms with Gasteiger partial charge < -0.3 is 11.1 Å². The second-order valence-corrected chi connectivity index (χ2v) is 7.07. The fourth-order valence-electron chi connectivity index (χ4n) is 3.02. The molecule has 112 valence electrons. The Labute approximate surface area is 123 Å². The molecule has 3 heteroatoms. The Morgan fingerprint density at radius 2 is 1.95 bits per heavy atom.